The number of nitrogens with one attached hydrogen (secondary N) is 4. The molecule has 5 atom stereocenters. The molecule has 5 saturated heterocycles. The van der Waals surface area contributed by atoms with Crippen molar-refractivity contribution < 1.29 is 47.3 Å². The molecule has 79 heavy (non-hydrogen) atoms. The van der Waals surface area contributed by atoms with Gasteiger partial charge in [0.1, 0.15) is 48.0 Å². The number of pyridine rings is 1. The average molecular weight is 1080 g/mol. The second kappa shape index (κ2) is 24.7. The number of aromatic nitrogens is 3. The molecule has 0 aliphatic carbocycles. The van der Waals surface area contributed by atoms with Crippen LogP contribution in [0.2, 0.25) is 0 Å². The Labute approximate surface area is 457 Å². The Morgan fingerprint density at radius 3 is 2.61 bits per heavy atom. The molecule has 4 amide bonds. The number of piperidine rings is 1. The van der Waals surface area contributed by atoms with Crippen molar-refractivity contribution in [2.45, 2.75) is 88.0 Å². The van der Waals surface area contributed by atoms with Crippen LogP contribution in [0.5, 0.6) is 11.8 Å². The fourth-order valence-corrected chi connectivity index (χ4v) is 12.1. The van der Waals surface area contributed by atoms with Gasteiger partial charge in [0.25, 0.3) is 5.91 Å². The number of halogens is 2. The number of nitrogens with zero attached hydrogens (tertiary/aromatic N) is 7. The van der Waals surface area contributed by atoms with Crippen LogP contribution in [0.4, 0.5) is 20.3 Å². The molecule has 5 fully saturated rings. The third-order valence-corrected chi connectivity index (χ3v) is 16.0. The highest BCUT2D eigenvalue weighted by molar-refractivity contribution is 6.08. The highest BCUT2D eigenvalue weighted by atomic mass is 19.1. The molecule has 0 radical (unpaired) electrons. The van der Waals surface area contributed by atoms with Crippen molar-refractivity contribution in [1.29, 1.82) is 0 Å². The number of likely N-dealkylation sites (N-methyl/N-ethyl adjacent to an activating group) is 1. The molecule has 5 aromatic rings. The standard InChI is InChI=1S/C57H65F2N11O7.CH2O/c1-5-41-45(58)13-10-36-24-40(72)25-43(49(36)41)51-50(59)52-44(27-62-51)53(68-29-37-11-12-38(30-68)63-37)66-56(65-52)77-32-57-17-16-39(70(57)28-34(2)26-57)31-76-23-22-67(21-19-60-4)20-7-18-61-46-9-6-8-42(35(46)3)55(75)69(33-71)47-14-15-48(73)64-54(47)74;1-2/h1,6,8-10,13,24-25,27,33,37-39,47,60-61,63,72H,2,7,11-12,14-23,26,28-32H2,3-4H3,(H,64,73,74);1H2. The van der Waals surface area contributed by atoms with E-state index < -0.39 is 40.9 Å². The Hall–Kier alpha value is -7.48. The molecule has 416 valence electrons. The molecule has 0 spiro atoms. The second-order valence-electron chi connectivity index (χ2n) is 21.0. The lowest BCUT2D eigenvalue weighted by Gasteiger charge is -2.35. The van der Waals surface area contributed by atoms with Crippen LogP contribution in [0, 0.1) is 30.9 Å². The number of ether oxygens (including phenoxy) is 2. The quantitative estimate of drug-likeness (QED) is 0.0218. The van der Waals surface area contributed by atoms with Gasteiger partial charge in [0.05, 0.1) is 29.7 Å². The highest BCUT2D eigenvalue weighted by Crippen LogP contribution is 2.45. The molecule has 5 N–H and O–H groups in total. The van der Waals surface area contributed by atoms with E-state index in [-0.39, 0.29) is 77.1 Å². The lowest BCUT2D eigenvalue weighted by molar-refractivity contribution is -0.139. The van der Waals surface area contributed by atoms with Crippen LogP contribution in [0.15, 0.2) is 60.8 Å². The molecule has 5 unspecified atom stereocenters. The van der Waals surface area contributed by atoms with Crippen molar-refractivity contribution in [3.8, 4) is 35.4 Å². The van der Waals surface area contributed by atoms with Crippen molar-refractivity contribution in [2.75, 3.05) is 89.4 Å². The zero-order valence-corrected chi connectivity index (χ0v) is 44.6. The topological polar surface area (TPSA) is 224 Å². The van der Waals surface area contributed by atoms with Gasteiger partial charge in [-0.1, -0.05) is 30.2 Å². The first-order valence-electron chi connectivity index (χ1n) is 26.8. The Morgan fingerprint density at radius 1 is 1.06 bits per heavy atom. The number of carbonyl (C=O) groups is 5. The summed E-state index contributed by atoms with van der Waals surface area (Å²) in [6.45, 7) is 15.2. The number of phenols is 1. The van der Waals surface area contributed by atoms with Crippen LogP contribution in [-0.2, 0) is 23.9 Å². The summed E-state index contributed by atoms with van der Waals surface area (Å²) in [6.07, 6.45) is 13.1. The lowest BCUT2D eigenvalue weighted by atomic mass is 9.94. The molecule has 5 aliphatic rings. The van der Waals surface area contributed by atoms with Crippen LogP contribution in [0.25, 0.3) is 32.9 Å². The van der Waals surface area contributed by atoms with E-state index in [0.29, 0.717) is 80.1 Å². The van der Waals surface area contributed by atoms with Gasteiger partial charge < -0.3 is 40.2 Å². The van der Waals surface area contributed by atoms with E-state index in [2.05, 4.69) is 53.5 Å². The molecular weight excluding hydrogens is 1020 g/mol. The largest absolute Gasteiger partial charge is 0.508 e. The fourth-order valence-electron chi connectivity index (χ4n) is 12.1. The number of rotatable bonds is 21. The molecule has 0 saturated carbocycles. The van der Waals surface area contributed by atoms with E-state index in [4.69, 9.17) is 30.7 Å². The highest BCUT2D eigenvalue weighted by Gasteiger charge is 2.51. The summed E-state index contributed by atoms with van der Waals surface area (Å²) in [7, 11) is 1.92. The number of carbonyl (C=O) groups excluding carboxylic acids is 5. The van der Waals surface area contributed by atoms with Crippen molar-refractivity contribution in [1.82, 2.24) is 45.6 Å². The van der Waals surface area contributed by atoms with E-state index in [9.17, 15) is 24.3 Å². The number of aromatic hydroxyl groups is 1. The minimum atomic E-state index is -1.05. The maximum atomic E-state index is 17.3. The van der Waals surface area contributed by atoms with Gasteiger partial charge >= 0.3 is 6.01 Å². The third kappa shape index (κ3) is 11.8. The Kier molecular flexibility index (Phi) is 17.6. The fraction of sp³-hybridized carbons (Fsp3) is 0.448. The monoisotopic (exact) mass is 1080 g/mol. The van der Waals surface area contributed by atoms with Gasteiger partial charge in [-0.3, -0.25) is 44.2 Å². The van der Waals surface area contributed by atoms with Crippen molar-refractivity contribution in [3.05, 3.63) is 89.1 Å². The van der Waals surface area contributed by atoms with E-state index in [1.54, 1.807) is 19.1 Å². The smallest absolute Gasteiger partial charge is 0.319 e. The van der Waals surface area contributed by atoms with Crippen molar-refractivity contribution in [2.24, 2.45) is 0 Å². The molecule has 7 heterocycles. The Bertz CT molecular complexity index is 3180. The van der Waals surface area contributed by atoms with Crippen molar-refractivity contribution in [3.63, 3.8) is 0 Å². The molecule has 19 nitrogen and oxygen atoms in total. The van der Waals surface area contributed by atoms with Gasteiger partial charge in [-0.25, -0.2) is 8.78 Å². The number of imide groups is 2. The minimum absolute atomic E-state index is 0.00876. The van der Waals surface area contributed by atoms with Gasteiger partial charge in [0.2, 0.25) is 18.2 Å². The van der Waals surface area contributed by atoms with Gasteiger partial charge in [0, 0.05) is 98.8 Å². The van der Waals surface area contributed by atoms with Gasteiger partial charge in [-0.2, -0.15) is 9.97 Å². The number of benzene rings is 3. The summed E-state index contributed by atoms with van der Waals surface area (Å²) in [5.74, 6) is -0.342. The number of terminal acetylenes is 1. The zero-order chi connectivity index (χ0) is 56.0. The van der Waals surface area contributed by atoms with Crippen LogP contribution < -0.4 is 30.9 Å². The number of piperazine rings is 1. The first-order valence-corrected chi connectivity index (χ1v) is 26.8. The average Bonchev–Trinajstić information content (AvgIpc) is 4.28. The number of anilines is 2. The van der Waals surface area contributed by atoms with Gasteiger partial charge in [-0.05, 0) is 107 Å². The maximum absolute atomic E-state index is 17.3. The first kappa shape index (κ1) is 56.2. The molecule has 2 bridgehead atoms. The van der Waals surface area contributed by atoms with E-state index in [1.807, 2.05) is 19.9 Å². The predicted molar refractivity (Wildman–Crippen MR) is 295 cm³/mol. The summed E-state index contributed by atoms with van der Waals surface area (Å²) in [5, 5.41) is 24.4. The van der Waals surface area contributed by atoms with Crippen LogP contribution in [0.3, 0.4) is 0 Å². The number of hydrogen-bond donors (Lipinski definition) is 5. The Morgan fingerprint density at radius 2 is 1.86 bits per heavy atom. The molecule has 10 rings (SSSR count). The second-order valence-corrected chi connectivity index (χ2v) is 21.0. The number of phenolic OH excluding ortho intramolecular Hbond substituents is 1. The summed E-state index contributed by atoms with van der Waals surface area (Å²) in [4.78, 5) is 79.8. The minimum Gasteiger partial charge on any atom is -0.508 e. The molecule has 3 aromatic carbocycles. The van der Waals surface area contributed by atoms with E-state index in [1.165, 1.54) is 30.5 Å². The van der Waals surface area contributed by atoms with Crippen LogP contribution in [-0.4, -0.2) is 175 Å². The summed E-state index contributed by atoms with van der Waals surface area (Å²) in [5.41, 5.74) is 2.31. The number of amides is 4. The summed E-state index contributed by atoms with van der Waals surface area (Å²) >= 11 is 0. The van der Waals surface area contributed by atoms with Gasteiger partial charge in [0.15, 0.2) is 5.82 Å². The molecule has 2 aromatic heterocycles. The maximum Gasteiger partial charge on any atom is 0.319 e. The lowest BCUT2D eigenvalue weighted by Crippen LogP contribution is -2.53. The Balaban J connectivity index is 0.00000374. The SMILES string of the molecule is C#Cc1c(F)ccc2cc(O)cc(-c3ncc4c(N5CC6CCC(C5)N6)nc(OCC56CCC(COCCN(CCCNc7cccc(C(=O)N(C=O)C8CCC(=O)NC8=O)c7C)CCNC)N5CC(=C)C6)nc4c3F)c12.C=O. The number of hydrogen-bond acceptors (Lipinski definition) is 17. The van der Waals surface area contributed by atoms with E-state index in [0.717, 1.165) is 74.3 Å². The van der Waals surface area contributed by atoms with Gasteiger partial charge in [-0.15, -0.1) is 6.42 Å². The first-order chi connectivity index (χ1) is 38.3. The molecule has 21 heteroatoms. The van der Waals surface area contributed by atoms with E-state index >= 15 is 8.78 Å². The van der Waals surface area contributed by atoms with Crippen molar-refractivity contribution >= 4 is 64.1 Å². The predicted octanol–water partition coefficient (Wildman–Crippen LogP) is 4.86. The summed E-state index contributed by atoms with van der Waals surface area (Å²) in [6, 6.07) is 10.3. The normalized spacial score (nSPS) is 21.7. The number of fused-ring (bicyclic) bond motifs is 5. The third-order valence-electron chi connectivity index (χ3n) is 16.0. The molecule has 5 aliphatic heterocycles. The van der Waals surface area contributed by atoms with Crippen LogP contribution in [0.1, 0.15) is 72.9 Å². The van der Waals surface area contributed by atoms with Crippen LogP contribution >= 0.6 is 0 Å². The summed E-state index contributed by atoms with van der Waals surface area (Å²) < 4.78 is 45.5. The molecular formula is C58H67F2N11O8. The zero-order valence-electron chi connectivity index (χ0n) is 44.6.